The van der Waals surface area contributed by atoms with Gasteiger partial charge in [0.1, 0.15) is 0 Å². The molecule has 1 atom stereocenters. The number of rotatable bonds is 6. The largest absolute Gasteiger partial charge is 0.339 e. The van der Waals surface area contributed by atoms with Gasteiger partial charge in [0.2, 0.25) is 5.91 Å². The molecule has 0 radical (unpaired) electrons. The van der Waals surface area contributed by atoms with E-state index in [9.17, 15) is 4.79 Å². The van der Waals surface area contributed by atoms with Gasteiger partial charge in [-0.25, -0.2) is 4.98 Å². The van der Waals surface area contributed by atoms with Crippen LogP contribution in [-0.4, -0.2) is 28.4 Å². The van der Waals surface area contributed by atoms with E-state index in [1.165, 1.54) is 11.1 Å². The van der Waals surface area contributed by atoms with Gasteiger partial charge in [-0.1, -0.05) is 45.0 Å². The van der Waals surface area contributed by atoms with Crippen LogP contribution in [0.3, 0.4) is 0 Å². The Hall–Kier alpha value is -1.68. The fourth-order valence-electron chi connectivity index (χ4n) is 3.62. The first-order valence-electron chi connectivity index (χ1n) is 9.39. The van der Waals surface area contributed by atoms with Crippen LogP contribution in [0.1, 0.15) is 61.4 Å². The zero-order valence-electron chi connectivity index (χ0n) is 15.5. The Balaban J connectivity index is 1.71. The second-order valence-electron chi connectivity index (χ2n) is 7.26. The van der Waals surface area contributed by atoms with Gasteiger partial charge in [0.05, 0.1) is 17.1 Å². The quantitative estimate of drug-likeness (QED) is 0.757. The zero-order chi connectivity index (χ0) is 17.8. The van der Waals surface area contributed by atoms with Crippen molar-refractivity contribution in [1.82, 2.24) is 9.88 Å². The SMILES string of the molecule is CCCN(C(=O)Cc1csc(C(C)C)n1)C1CCc2ccccc2C1. The molecule has 0 spiro atoms. The van der Waals surface area contributed by atoms with Gasteiger partial charge < -0.3 is 4.90 Å². The third kappa shape index (κ3) is 4.30. The Morgan fingerprint density at radius 3 is 2.76 bits per heavy atom. The first-order valence-corrected chi connectivity index (χ1v) is 10.3. The molecule has 1 aromatic heterocycles. The third-order valence-electron chi connectivity index (χ3n) is 4.94. The summed E-state index contributed by atoms with van der Waals surface area (Å²) in [6, 6.07) is 8.98. The molecule has 2 aromatic rings. The van der Waals surface area contributed by atoms with Crippen molar-refractivity contribution in [1.29, 1.82) is 0 Å². The lowest BCUT2D eigenvalue weighted by atomic mass is 9.87. The average Bonchev–Trinajstić information content (AvgIpc) is 3.08. The minimum atomic E-state index is 0.229. The fraction of sp³-hybridized carbons (Fsp3) is 0.524. The number of carbonyl (C=O) groups is 1. The molecule has 0 saturated carbocycles. The summed E-state index contributed by atoms with van der Waals surface area (Å²) >= 11 is 1.67. The highest BCUT2D eigenvalue weighted by Gasteiger charge is 2.27. The summed E-state index contributed by atoms with van der Waals surface area (Å²) in [6.07, 6.45) is 4.55. The molecule has 1 amide bonds. The average molecular weight is 357 g/mol. The number of aryl methyl sites for hydroxylation is 1. The Bertz CT molecular complexity index is 722. The predicted octanol–water partition coefficient (Wildman–Crippen LogP) is 4.61. The predicted molar refractivity (Wildman–Crippen MR) is 104 cm³/mol. The number of amides is 1. The molecule has 25 heavy (non-hydrogen) atoms. The van der Waals surface area contributed by atoms with E-state index in [2.05, 4.69) is 54.9 Å². The number of carbonyl (C=O) groups excluding carboxylic acids is 1. The Morgan fingerprint density at radius 1 is 1.32 bits per heavy atom. The topological polar surface area (TPSA) is 33.2 Å². The second-order valence-corrected chi connectivity index (χ2v) is 8.15. The van der Waals surface area contributed by atoms with Crippen molar-refractivity contribution in [2.24, 2.45) is 0 Å². The summed E-state index contributed by atoms with van der Waals surface area (Å²) in [7, 11) is 0. The molecular formula is C21H28N2OS. The molecule has 0 fully saturated rings. The Labute approximate surface area is 155 Å². The summed E-state index contributed by atoms with van der Waals surface area (Å²) in [5.74, 6) is 0.655. The summed E-state index contributed by atoms with van der Waals surface area (Å²) in [4.78, 5) is 19.7. The molecule has 134 valence electrons. The highest BCUT2D eigenvalue weighted by Crippen LogP contribution is 2.26. The third-order valence-corrected chi connectivity index (χ3v) is 6.14. The van der Waals surface area contributed by atoms with E-state index in [0.29, 0.717) is 18.4 Å². The van der Waals surface area contributed by atoms with Crippen LogP contribution in [-0.2, 0) is 24.1 Å². The van der Waals surface area contributed by atoms with E-state index in [-0.39, 0.29) is 5.91 Å². The maximum absolute atomic E-state index is 13.0. The number of aromatic nitrogens is 1. The second kappa shape index (κ2) is 8.13. The van der Waals surface area contributed by atoms with Crippen LogP contribution in [0, 0.1) is 0 Å². The normalized spacial score (nSPS) is 16.7. The van der Waals surface area contributed by atoms with Crippen LogP contribution in [0.4, 0.5) is 0 Å². The van der Waals surface area contributed by atoms with E-state index in [1.807, 2.05) is 5.38 Å². The van der Waals surface area contributed by atoms with Gasteiger partial charge in [-0.2, -0.15) is 0 Å². The fourth-order valence-corrected chi connectivity index (χ4v) is 4.46. The molecular weight excluding hydrogens is 328 g/mol. The summed E-state index contributed by atoms with van der Waals surface area (Å²) in [6.45, 7) is 7.28. The minimum absolute atomic E-state index is 0.229. The molecule has 0 bridgehead atoms. The van der Waals surface area contributed by atoms with E-state index in [1.54, 1.807) is 11.3 Å². The highest BCUT2D eigenvalue weighted by atomic mass is 32.1. The lowest BCUT2D eigenvalue weighted by Gasteiger charge is -2.35. The maximum Gasteiger partial charge on any atom is 0.228 e. The van der Waals surface area contributed by atoms with Crippen molar-refractivity contribution in [3.05, 3.63) is 51.5 Å². The number of nitrogens with zero attached hydrogens (tertiary/aromatic N) is 2. The highest BCUT2D eigenvalue weighted by molar-refractivity contribution is 7.09. The molecule has 0 N–H and O–H groups in total. The Morgan fingerprint density at radius 2 is 2.08 bits per heavy atom. The van der Waals surface area contributed by atoms with Crippen LogP contribution in [0.25, 0.3) is 0 Å². The number of benzene rings is 1. The molecule has 0 aliphatic heterocycles. The number of thiazole rings is 1. The molecule has 1 heterocycles. The van der Waals surface area contributed by atoms with E-state index in [4.69, 9.17) is 0 Å². The number of fused-ring (bicyclic) bond motifs is 1. The van der Waals surface area contributed by atoms with Crippen LogP contribution in [0.2, 0.25) is 0 Å². The minimum Gasteiger partial charge on any atom is -0.339 e. The van der Waals surface area contributed by atoms with Crippen molar-refractivity contribution in [2.45, 2.75) is 64.8 Å². The molecule has 1 aliphatic rings. The standard InChI is InChI=1S/C21H28N2OS/c1-4-11-23(19-10-9-16-7-5-6-8-17(16)12-19)20(24)13-18-14-25-21(22-18)15(2)3/h5-8,14-15,19H,4,9-13H2,1-3H3. The first kappa shape index (κ1) is 18.1. The Kier molecular flexibility index (Phi) is 5.89. The summed E-state index contributed by atoms with van der Waals surface area (Å²) in [5.41, 5.74) is 3.78. The first-order chi connectivity index (χ1) is 12.1. The number of hydrogen-bond donors (Lipinski definition) is 0. The molecule has 0 saturated heterocycles. The zero-order valence-corrected chi connectivity index (χ0v) is 16.3. The molecule has 1 aliphatic carbocycles. The maximum atomic E-state index is 13.0. The molecule has 1 unspecified atom stereocenters. The lowest BCUT2D eigenvalue weighted by Crippen LogP contribution is -2.44. The van der Waals surface area contributed by atoms with Gasteiger partial charge in [-0.15, -0.1) is 11.3 Å². The van der Waals surface area contributed by atoms with Gasteiger partial charge >= 0.3 is 0 Å². The smallest absolute Gasteiger partial charge is 0.228 e. The van der Waals surface area contributed by atoms with Crippen molar-refractivity contribution in [2.75, 3.05) is 6.54 Å². The van der Waals surface area contributed by atoms with Gasteiger partial charge in [0.15, 0.2) is 0 Å². The molecule has 3 rings (SSSR count). The van der Waals surface area contributed by atoms with Crippen molar-refractivity contribution >= 4 is 17.2 Å². The van der Waals surface area contributed by atoms with Gasteiger partial charge in [0, 0.05) is 23.9 Å². The molecule has 4 heteroatoms. The van der Waals surface area contributed by atoms with Crippen molar-refractivity contribution in [3.8, 4) is 0 Å². The van der Waals surface area contributed by atoms with E-state index < -0.39 is 0 Å². The lowest BCUT2D eigenvalue weighted by molar-refractivity contribution is -0.133. The van der Waals surface area contributed by atoms with Gasteiger partial charge in [-0.3, -0.25) is 4.79 Å². The van der Waals surface area contributed by atoms with Crippen LogP contribution in [0.5, 0.6) is 0 Å². The van der Waals surface area contributed by atoms with E-state index in [0.717, 1.165) is 42.9 Å². The summed E-state index contributed by atoms with van der Waals surface area (Å²) in [5, 5.41) is 3.17. The number of hydrogen-bond acceptors (Lipinski definition) is 3. The van der Waals surface area contributed by atoms with Crippen molar-refractivity contribution < 1.29 is 4.79 Å². The van der Waals surface area contributed by atoms with Gasteiger partial charge in [0.25, 0.3) is 0 Å². The van der Waals surface area contributed by atoms with Crippen molar-refractivity contribution in [3.63, 3.8) is 0 Å². The van der Waals surface area contributed by atoms with Crippen LogP contribution in [0.15, 0.2) is 29.6 Å². The van der Waals surface area contributed by atoms with Gasteiger partial charge in [-0.05, 0) is 36.8 Å². The van der Waals surface area contributed by atoms with E-state index >= 15 is 0 Å². The van der Waals surface area contributed by atoms with Crippen LogP contribution < -0.4 is 0 Å². The molecule has 1 aromatic carbocycles. The van der Waals surface area contributed by atoms with Crippen LogP contribution >= 0.6 is 11.3 Å². The molecule has 3 nitrogen and oxygen atoms in total. The summed E-state index contributed by atoms with van der Waals surface area (Å²) < 4.78 is 0. The monoisotopic (exact) mass is 356 g/mol.